The molecule has 1 amide bonds. The molecule has 2 heterocycles. The van der Waals surface area contributed by atoms with Gasteiger partial charge in [0, 0.05) is 6.54 Å². The van der Waals surface area contributed by atoms with Gasteiger partial charge in [-0.05, 0) is 44.7 Å². The number of amides is 1. The van der Waals surface area contributed by atoms with Crippen LogP contribution in [0.15, 0.2) is 0 Å². The molecule has 2 aliphatic heterocycles. The van der Waals surface area contributed by atoms with Crippen molar-refractivity contribution in [2.24, 2.45) is 5.92 Å². The van der Waals surface area contributed by atoms with Crippen LogP contribution in [0.5, 0.6) is 0 Å². The summed E-state index contributed by atoms with van der Waals surface area (Å²) < 4.78 is 5.54. The average Bonchev–Trinajstić information content (AvgIpc) is 2.82. The lowest BCUT2D eigenvalue weighted by molar-refractivity contribution is 0.0747. The molecule has 1 aliphatic carbocycles. The molecule has 0 radical (unpaired) electrons. The van der Waals surface area contributed by atoms with Crippen molar-refractivity contribution in [3.05, 3.63) is 0 Å². The zero-order chi connectivity index (χ0) is 13.1. The van der Waals surface area contributed by atoms with Crippen LogP contribution in [0.3, 0.4) is 0 Å². The lowest BCUT2D eigenvalue weighted by Gasteiger charge is -2.33. The Morgan fingerprint density at radius 1 is 1.05 bits per heavy atom. The third-order valence-corrected chi connectivity index (χ3v) is 4.99. The minimum absolute atomic E-state index is 0.0775. The van der Waals surface area contributed by atoms with E-state index in [9.17, 15) is 4.79 Å². The number of carbonyl (C=O) groups is 1. The number of likely N-dealkylation sites (tertiary alicyclic amines) is 1. The number of carbonyl (C=O) groups excluding carboxylic acids is 1. The number of piperidine rings is 1. The van der Waals surface area contributed by atoms with Crippen LogP contribution >= 0.6 is 0 Å². The van der Waals surface area contributed by atoms with Crippen molar-refractivity contribution in [2.75, 3.05) is 19.6 Å². The quantitative estimate of drug-likeness (QED) is 0.853. The molecular formula is C15H26N2O2. The second-order valence-electron chi connectivity index (χ2n) is 6.37. The third-order valence-electron chi connectivity index (χ3n) is 4.99. The highest BCUT2D eigenvalue weighted by molar-refractivity contribution is 5.70. The van der Waals surface area contributed by atoms with E-state index in [1.165, 1.54) is 64.5 Å². The maximum atomic E-state index is 11.6. The minimum Gasteiger partial charge on any atom is -0.443 e. The van der Waals surface area contributed by atoms with E-state index in [1.54, 1.807) is 0 Å². The molecule has 2 saturated heterocycles. The van der Waals surface area contributed by atoms with Crippen LogP contribution in [0, 0.1) is 5.92 Å². The summed E-state index contributed by atoms with van der Waals surface area (Å²) in [7, 11) is 0. The summed E-state index contributed by atoms with van der Waals surface area (Å²) in [5.41, 5.74) is 0. The molecule has 4 heteroatoms. The Bertz CT molecular complexity index is 309. The van der Waals surface area contributed by atoms with Crippen molar-refractivity contribution >= 4 is 6.09 Å². The smallest absolute Gasteiger partial charge is 0.407 e. The highest BCUT2D eigenvalue weighted by atomic mass is 16.6. The zero-order valence-electron chi connectivity index (χ0n) is 11.8. The van der Waals surface area contributed by atoms with Gasteiger partial charge in [-0.1, -0.05) is 25.7 Å². The lowest BCUT2D eigenvalue weighted by Crippen LogP contribution is -2.46. The highest BCUT2D eigenvalue weighted by Gasteiger charge is 2.40. The van der Waals surface area contributed by atoms with Gasteiger partial charge in [-0.25, -0.2) is 4.79 Å². The monoisotopic (exact) mass is 266 g/mol. The van der Waals surface area contributed by atoms with Gasteiger partial charge >= 0.3 is 6.09 Å². The molecule has 108 valence electrons. The molecule has 1 N–H and O–H groups in total. The first-order valence-corrected chi connectivity index (χ1v) is 8.02. The SMILES string of the molecule is O=C1N[C@H](C2CCCCC2)[C@@H](CN2CCCCC2)O1. The molecule has 0 aromatic heterocycles. The van der Waals surface area contributed by atoms with Crippen LogP contribution in [0.4, 0.5) is 4.79 Å². The van der Waals surface area contributed by atoms with E-state index in [-0.39, 0.29) is 18.2 Å². The van der Waals surface area contributed by atoms with Crippen molar-refractivity contribution in [2.45, 2.75) is 63.5 Å². The number of nitrogens with one attached hydrogen (secondary N) is 1. The fourth-order valence-corrected chi connectivity index (χ4v) is 3.94. The molecule has 2 atom stereocenters. The van der Waals surface area contributed by atoms with Gasteiger partial charge in [0.2, 0.25) is 0 Å². The van der Waals surface area contributed by atoms with Crippen LogP contribution in [-0.4, -0.2) is 42.8 Å². The maximum Gasteiger partial charge on any atom is 0.407 e. The molecule has 0 bridgehead atoms. The Hall–Kier alpha value is -0.770. The Balaban J connectivity index is 1.59. The average molecular weight is 266 g/mol. The molecule has 0 aromatic rings. The second-order valence-corrected chi connectivity index (χ2v) is 6.37. The van der Waals surface area contributed by atoms with Gasteiger partial charge in [0.15, 0.2) is 0 Å². The number of hydrogen-bond acceptors (Lipinski definition) is 3. The first-order chi connectivity index (χ1) is 9.33. The van der Waals surface area contributed by atoms with E-state index in [1.807, 2.05) is 0 Å². The zero-order valence-corrected chi connectivity index (χ0v) is 11.8. The Morgan fingerprint density at radius 2 is 1.74 bits per heavy atom. The van der Waals surface area contributed by atoms with Gasteiger partial charge in [-0.2, -0.15) is 0 Å². The van der Waals surface area contributed by atoms with Gasteiger partial charge in [-0.15, -0.1) is 0 Å². The summed E-state index contributed by atoms with van der Waals surface area (Å²) in [4.78, 5) is 14.1. The van der Waals surface area contributed by atoms with Gasteiger partial charge < -0.3 is 10.1 Å². The third kappa shape index (κ3) is 3.22. The van der Waals surface area contributed by atoms with Crippen molar-refractivity contribution in [1.29, 1.82) is 0 Å². The van der Waals surface area contributed by atoms with Gasteiger partial charge in [-0.3, -0.25) is 4.90 Å². The topological polar surface area (TPSA) is 41.6 Å². The normalized spacial score (nSPS) is 34.0. The fraction of sp³-hybridized carbons (Fsp3) is 0.933. The Labute approximate surface area is 115 Å². The first kappa shape index (κ1) is 13.2. The van der Waals surface area contributed by atoms with Crippen LogP contribution < -0.4 is 5.32 Å². The van der Waals surface area contributed by atoms with E-state index in [2.05, 4.69) is 10.2 Å². The summed E-state index contributed by atoms with van der Waals surface area (Å²) in [6.45, 7) is 3.27. The van der Waals surface area contributed by atoms with Crippen LogP contribution in [0.2, 0.25) is 0 Å². The van der Waals surface area contributed by atoms with Crippen LogP contribution in [-0.2, 0) is 4.74 Å². The highest BCUT2D eigenvalue weighted by Crippen LogP contribution is 2.31. The number of cyclic esters (lactones) is 1. The van der Waals surface area contributed by atoms with E-state index in [0.717, 1.165) is 6.54 Å². The summed E-state index contributed by atoms with van der Waals surface area (Å²) in [5.74, 6) is 0.634. The van der Waals surface area contributed by atoms with E-state index in [0.29, 0.717) is 5.92 Å². The van der Waals surface area contributed by atoms with E-state index >= 15 is 0 Å². The van der Waals surface area contributed by atoms with Crippen LogP contribution in [0.25, 0.3) is 0 Å². The summed E-state index contributed by atoms with van der Waals surface area (Å²) in [6.07, 6.45) is 10.3. The number of hydrogen-bond donors (Lipinski definition) is 1. The number of alkyl carbamates (subject to hydrolysis) is 1. The second kappa shape index (κ2) is 6.12. The van der Waals surface area contributed by atoms with E-state index in [4.69, 9.17) is 4.74 Å². The molecule has 3 aliphatic rings. The Kier molecular flexibility index (Phi) is 4.26. The molecule has 4 nitrogen and oxygen atoms in total. The first-order valence-electron chi connectivity index (χ1n) is 8.02. The molecular weight excluding hydrogens is 240 g/mol. The van der Waals surface area contributed by atoms with Crippen molar-refractivity contribution in [3.8, 4) is 0 Å². The summed E-state index contributed by atoms with van der Waals surface area (Å²) in [6, 6.07) is 0.259. The van der Waals surface area contributed by atoms with E-state index < -0.39 is 0 Å². The van der Waals surface area contributed by atoms with Gasteiger partial charge in [0.05, 0.1) is 6.04 Å². The van der Waals surface area contributed by atoms with Crippen molar-refractivity contribution in [3.63, 3.8) is 0 Å². The summed E-state index contributed by atoms with van der Waals surface area (Å²) in [5, 5.41) is 3.08. The van der Waals surface area contributed by atoms with Gasteiger partial charge in [0.1, 0.15) is 6.10 Å². The standard InChI is InChI=1S/C15H26N2O2/c18-15-16-14(12-7-3-1-4-8-12)13(19-15)11-17-9-5-2-6-10-17/h12-14H,1-11H2,(H,16,18)/t13-,14-/m1/s1. The summed E-state index contributed by atoms with van der Waals surface area (Å²) >= 11 is 0. The number of ether oxygens (including phenoxy) is 1. The lowest BCUT2D eigenvalue weighted by atomic mass is 9.82. The predicted octanol–water partition coefficient (Wildman–Crippen LogP) is 2.53. The van der Waals surface area contributed by atoms with Gasteiger partial charge in [0.25, 0.3) is 0 Å². The molecule has 0 spiro atoms. The van der Waals surface area contributed by atoms with Crippen LogP contribution in [0.1, 0.15) is 51.4 Å². The Morgan fingerprint density at radius 3 is 2.47 bits per heavy atom. The number of rotatable bonds is 3. The molecule has 3 rings (SSSR count). The molecule has 1 saturated carbocycles. The maximum absolute atomic E-state index is 11.6. The predicted molar refractivity (Wildman–Crippen MR) is 74.1 cm³/mol. The molecule has 0 unspecified atom stereocenters. The minimum atomic E-state index is -0.197. The molecule has 0 aromatic carbocycles. The molecule has 3 fully saturated rings. The molecule has 19 heavy (non-hydrogen) atoms. The largest absolute Gasteiger partial charge is 0.443 e. The number of nitrogens with zero attached hydrogens (tertiary/aromatic N) is 1. The van der Waals surface area contributed by atoms with Crippen molar-refractivity contribution < 1.29 is 9.53 Å². The van der Waals surface area contributed by atoms with Crippen molar-refractivity contribution in [1.82, 2.24) is 10.2 Å². The fourth-order valence-electron chi connectivity index (χ4n) is 3.94.